The molecule has 30 heavy (non-hydrogen) atoms. The molecule has 0 spiro atoms. The Labute approximate surface area is 178 Å². The van der Waals surface area contributed by atoms with Crippen molar-refractivity contribution in [2.24, 2.45) is 5.10 Å². The Bertz CT molecular complexity index is 1410. The van der Waals surface area contributed by atoms with Gasteiger partial charge in [-0.25, -0.2) is 0 Å². The second-order valence-electron chi connectivity index (χ2n) is 6.96. The van der Waals surface area contributed by atoms with Gasteiger partial charge in [0.15, 0.2) is 0 Å². The van der Waals surface area contributed by atoms with Crippen LogP contribution in [0.3, 0.4) is 0 Å². The first kappa shape index (κ1) is 18.1. The Hall–Kier alpha value is -3.94. The maximum Gasteiger partial charge on any atom is 0.0991 e. The molecule has 0 atom stereocenters. The lowest BCUT2D eigenvalue weighted by molar-refractivity contribution is 1.35. The van der Waals surface area contributed by atoms with Gasteiger partial charge in [-0.05, 0) is 41.5 Å². The second-order valence-corrected chi connectivity index (χ2v) is 8.05. The van der Waals surface area contributed by atoms with E-state index in [2.05, 4.69) is 65.1 Å². The van der Waals surface area contributed by atoms with Gasteiger partial charge in [0.25, 0.3) is 0 Å². The molecule has 1 aromatic heterocycles. The zero-order valence-corrected chi connectivity index (χ0v) is 16.9. The molecule has 142 valence electrons. The SMILES string of the molecule is N#Cc1ccc(/C=N/Nc2cc3c(cc2-c2ccccc2)sc2ccccc23)cc1. The number of benzene rings is 4. The smallest absolute Gasteiger partial charge is 0.0991 e. The molecule has 4 aromatic carbocycles. The normalized spacial score (nSPS) is 11.2. The Morgan fingerprint density at radius 3 is 2.37 bits per heavy atom. The Balaban J connectivity index is 1.58. The molecule has 1 heterocycles. The molecule has 0 aliphatic rings. The van der Waals surface area contributed by atoms with Crippen LogP contribution in [0.4, 0.5) is 5.69 Å². The minimum absolute atomic E-state index is 0.640. The number of anilines is 1. The first-order valence-electron chi connectivity index (χ1n) is 9.62. The predicted octanol–water partition coefficient (Wildman–Crippen LogP) is 7.04. The monoisotopic (exact) mass is 403 g/mol. The van der Waals surface area contributed by atoms with Gasteiger partial charge in [0.2, 0.25) is 0 Å². The number of nitrogens with one attached hydrogen (secondary N) is 1. The summed E-state index contributed by atoms with van der Waals surface area (Å²) >= 11 is 1.81. The van der Waals surface area contributed by atoms with E-state index >= 15 is 0 Å². The topological polar surface area (TPSA) is 48.2 Å². The average molecular weight is 404 g/mol. The summed E-state index contributed by atoms with van der Waals surface area (Å²) in [7, 11) is 0. The van der Waals surface area contributed by atoms with E-state index < -0.39 is 0 Å². The second kappa shape index (κ2) is 7.82. The van der Waals surface area contributed by atoms with Crippen molar-refractivity contribution in [1.82, 2.24) is 0 Å². The van der Waals surface area contributed by atoms with Crippen LogP contribution in [0.2, 0.25) is 0 Å². The molecule has 0 aliphatic heterocycles. The predicted molar refractivity (Wildman–Crippen MR) is 127 cm³/mol. The average Bonchev–Trinajstić information content (AvgIpc) is 3.17. The summed E-state index contributed by atoms with van der Waals surface area (Å²) in [5, 5.41) is 15.9. The molecule has 5 aromatic rings. The maximum absolute atomic E-state index is 8.94. The highest BCUT2D eigenvalue weighted by molar-refractivity contribution is 7.25. The molecule has 0 bridgehead atoms. The van der Waals surface area contributed by atoms with Crippen molar-refractivity contribution in [2.75, 3.05) is 5.43 Å². The molecule has 0 radical (unpaired) electrons. The van der Waals surface area contributed by atoms with Gasteiger partial charge < -0.3 is 0 Å². The molecular weight excluding hydrogens is 386 g/mol. The third-order valence-electron chi connectivity index (χ3n) is 5.04. The van der Waals surface area contributed by atoms with Crippen LogP contribution in [-0.2, 0) is 0 Å². The summed E-state index contributed by atoms with van der Waals surface area (Å²) in [4.78, 5) is 0. The van der Waals surface area contributed by atoms with Crippen LogP contribution in [0.25, 0.3) is 31.3 Å². The van der Waals surface area contributed by atoms with Crippen molar-refractivity contribution >= 4 is 43.4 Å². The zero-order chi connectivity index (χ0) is 20.3. The Kier molecular flexibility index (Phi) is 4.72. The molecule has 0 saturated heterocycles. The van der Waals surface area contributed by atoms with Crippen LogP contribution in [-0.4, -0.2) is 6.21 Å². The van der Waals surface area contributed by atoms with Crippen molar-refractivity contribution < 1.29 is 0 Å². The number of hydrogen-bond acceptors (Lipinski definition) is 4. The number of thiophene rings is 1. The molecule has 0 aliphatic carbocycles. The fourth-order valence-electron chi connectivity index (χ4n) is 3.54. The first-order valence-corrected chi connectivity index (χ1v) is 10.4. The minimum atomic E-state index is 0.640. The van der Waals surface area contributed by atoms with Gasteiger partial charge in [-0.1, -0.05) is 60.7 Å². The van der Waals surface area contributed by atoms with Gasteiger partial charge in [-0.2, -0.15) is 10.4 Å². The third kappa shape index (κ3) is 3.43. The molecule has 4 heteroatoms. The number of nitrogens with zero attached hydrogens (tertiary/aromatic N) is 2. The molecule has 3 nitrogen and oxygen atoms in total. The first-order chi connectivity index (χ1) is 14.8. The highest BCUT2D eigenvalue weighted by Crippen LogP contribution is 2.40. The van der Waals surface area contributed by atoms with Crippen LogP contribution < -0.4 is 5.43 Å². The highest BCUT2D eigenvalue weighted by atomic mass is 32.1. The van der Waals surface area contributed by atoms with Crippen molar-refractivity contribution in [2.45, 2.75) is 0 Å². The fourth-order valence-corrected chi connectivity index (χ4v) is 4.67. The van der Waals surface area contributed by atoms with Gasteiger partial charge >= 0.3 is 0 Å². The van der Waals surface area contributed by atoms with Crippen molar-refractivity contribution in [3.63, 3.8) is 0 Å². The molecular formula is C26H17N3S. The van der Waals surface area contributed by atoms with E-state index in [0.717, 1.165) is 22.4 Å². The standard InChI is InChI=1S/C26H17N3S/c27-16-18-10-12-19(13-11-18)17-28-29-24-14-23-21-8-4-5-9-25(21)30-26(23)15-22(24)20-6-2-1-3-7-20/h1-15,17,29H/b28-17+. The summed E-state index contributed by atoms with van der Waals surface area (Å²) in [6.45, 7) is 0. The highest BCUT2D eigenvalue weighted by Gasteiger charge is 2.11. The van der Waals surface area contributed by atoms with E-state index in [9.17, 15) is 0 Å². The Morgan fingerprint density at radius 1 is 0.800 bits per heavy atom. The van der Waals surface area contributed by atoms with E-state index in [1.54, 1.807) is 18.3 Å². The molecule has 0 amide bonds. The lowest BCUT2D eigenvalue weighted by atomic mass is 10.0. The molecule has 0 fully saturated rings. The summed E-state index contributed by atoms with van der Waals surface area (Å²) in [6.07, 6.45) is 1.77. The van der Waals surface area contributed by atoms with Gasteiger partial charge in [-0.15, -0.1) is 11.3 Å². The zero-order valence-electron chi connectivity index (χ0n) is 16.0. The summed E-state index contributed by atoms with van der Waals surface area (Å²) < 4.78 is 2.54. The lowest BCUT2D eigenvalue weighted by Crippen LogP contribution is -1.94. The number of nitriles is 1. The molecule has 5 rings (SSSR count). The third-order valence-corrected chi connectivity index (χ3v) is 6.17. The van der Waals surface area contributed by atoms with E-state index in [0.29, 0.717) is 5.56 Å². The van der Waals surface area contributed by atoms with E-state index in [1.807, 2.05) is 41.7 Å². The van der Waals surface area contributed by atoms with Gasteiger partial charge in [0, 0.05) is 25.7 Å². The van der Waals surface area contributed by atoms with Crippen LogP contribution in [0.5, 0.6) is 0 Å². The van der Waals surface area contributed by atoms with Crippen molar-refractivity contribution in [3.05, 3.63) is 102 Å². The van der Waals surface area contributed by atoms with Crippen molar-refractivity contribution in [3.8, 4) is 17.2 Å². The fraction of sp³-hybridized carbons (Fsp3) is 0. The lowest BCUT2D eigenvalue weighted by Gasteiger charge is -2.10. The van der Waals surface area contributed by atoms with E-state index in [-0.39, 0.29) is 0 Å². The van der Waals surface area contributed by atoms with Gasteiger partial charge in [0.05, 0.1) is 23.5 Å². The van der Waals surface area contributed by atoms with Gasteiger partial charge in [0.1, 0.15) is 0 Å². The number of rotatable bonds is 4. The molecule has 1 N–H and O–H groups in total. The number of hydrogen-bond donors (Lipinski definition) is 1. The summed E-state index contributed by atoms with van der Waals surface area (Å²) in [5.74, 6) is 0. The molecule has 0 unspecified atom stereocenters. The quantitative estimate of drug-likeness (QED) is 0.258. The van der Waals surface area contributed by atoms with Crippen LogP contribution >= 0.6 is 11.3 Å². The Morgan fingerprint density at radius 2 is 1.57 bits per heavy atom. The summed E-state index contributed by atoms with van der Waals surface area (Å²) in [6, 6.07) is 32.8. The van der Waals surface area contributed by atoms with Crippen LogP contribution in [0.15, 0.2) is 96.1 Å². The molecule has 0 saturated carbocycles. The van der Waals surface area contributed by atoms with E-state index in [1.165, 1.54) is 20.2 Å². The summed E-state index contributed by atoms with van der Waals surface area (Å²) in [5.41, 5.74) is 8.04. The van der Waals surface area contributed by atoms with E-state index in [4.69, 9.17) is 5.26 Å². The van der Waals surface area contributed by atoms with Crippen molar-refractivity contribution in [1.29, 1.82) is 5.26 Å². The van der Waals surface area contributed by atoms with Gasteiger partial charge in [-0.3, -0.25) is 5.43 Å². The van der Waals surface area contributed by atoms with Crippen LogP contribution in [0.1, 0.15) is 11.1 Å². The number of fused-ring (bicyclic) bond motifs is 3. The minimum Gasteiger partial charge on any atom is -0.278 e. The maximum atomic E-state index is 8.94. The number of hydrazone groups is 1. The van der Waals surface area contributed by atoms with Crippen LogP contribution in [0, 0.1) is 11.3 Å². The largest absolute Gasteiger partial charge is 0.278 e.